The summed E-state index contributed by atoms with van der Waals surface area (Å²) in [5.41, 5.74) is 0. The minimum atomic E-state index is 0.283. The van der Waals surface area contributed by atoms with Crippen LogP contribution in [0.2, 0.25) is 0 Å². The molecule has 2 aromatic heterocycles. The number of aromatic nitrogens is 1. The number of aryl methyl sites for hydroxylation is 1. The average molecular weight is 348 g/mol. The molecule has 3 heterocycles. The van der Waals surface area contributed by atoms with Gasteiger partial charge in [-0.25, -0.2) is 4.98 Å². The summed E-state index contributed by atoms with van der Waals surface area (Å²) in [4.78, 5) is 6.79. The van der Waals surface area contributed by atoms with Gasteiger partial charge >= 0.3 is 0 Å². The Morgan fingerprint density at radius 1 is 1.38 bits per heavy atom. The molecule has 0 spiro atoms. The van der Waals surface area contributed by atoms with Gasteiger partial charge < -0.3 is 13.9 Å². The molecule has 6 heteroatoms. The monoisotopic (exact) mass is 348 g/mol. The van der Waals surface area contributed by atoms with Crippen molar-refractivity contribution in [1.82, 2.24) is 9.88 Å². The summed E-state index contributed by atoms with van der Waals surface area (Å²) in [7, 11) is 0. The van der Waals surface area contributed by atoms with Gasteiger partial charge in [-0.1, -0.05) is 0 Å². The Kier molecular flexibility index (Phi) is 4.98. The molecule has 0 unspecified atom stereocenters. The maximum Gasteiger partial charge on any atom is 0.118 e. The molecule has 4 rings (SSSR count). The lowest BCUT2D eigenvalue weighted by Gasteiger charge is -2.38. The van der Waals surface area contributed by atoms with Crippen LogP contribution in [0, 0.1) is 12.8 Å². The Labute approximate surface area is 146 Å². The van der Waals surface area contributed by atoms with Gasteiger partial charge in [-0.2, -0.15) is 0 Å². The van der Waals surface area contributed by atoms with E-state index in [1.54, 1.807) is 11.3 Å². The largest absolute Gasteiger partial charge is 0.465 e. The number of fused-ring (bicyclic) bond motifs is 1. The summed E-state index contributed by atoms with van der Waals surface area (Å²) in [6.07, 6.45) is 4.45. The summed E-state index contributed by atoms with van der Waals surface area (Å²) < 4.78 is 17.8. The molecule has 2 fully saturated rings. The van der Waals surface area contributed by atoms with E-state index < -0.39 is 0 Å². The average Bonchev–Trinajstić information content (AvgIpc) is 3.30. The Morgan fingerprint density at radius 2 is 2.33 bits per heavy atom. The molecule has 0 N–H and O–H groups in total. The fraction of sp³-hybridized carbons (Fsp3) is 0.611. The molecule has 24 heavy (non-hydrogen) atoms. The second-order valence-electron chi connectivity index (χ2n) is 6.66. The highest BCUT2D eigenvalue weighted by Crippen LogP contribution is 2.35. The zero-order valence-electron chi connectivity index (χ0n) is 14.0. The van der Waals surface area contributed by atoms with Gasteiger partial charge in [-0.05, 0) is 31.9 Å². The molecule has 1 saturated heterocycles. The molecule has 1 aliphatic carbocycles. The lowest BCUT2D eigenvalue weighted by Crippen LogP contribution is -2.50. The number of furan rings is 1. The third-order valence-corrected chi connectivity index (χ3v) is 5.78. The molecule has 5 nitrogen and oxygen atoms in total. The van der Waals surface area contributed by atoms with Gasteiger partial charge in [-0.3, -0.25) is 4.90 Å². The van der Waals surface area contributed by atoms with E-state index in [4.69, 9.17) is 13.9 Å². The molecular formula is C18H24N2O3S. The zero-order chi connectivity index (χ0) is 16.4. The maximum atomic E-state index is 6.11. The molecule has 1 aliphatic heterocycles. The molecular weight excluding hydrogens is 324 g/mol. The van der Waals surface area contributed by atoms with Crippen molar-refractivity contribution in [1.29, 1.82) is 0 Å². The quantitative estimate of drug-likeness (QED) is 0.802. The van der Waals surface area contributed by atoms with Crippen molar-refractivity contribution in [3.05, 3.63) is 40.2 Å². The lowest BCUT2D eigenvalue weighted by molar-refractivity contribution is -0.0904. The Morgan fingerprint density at radius 3 is 3.12 bits per heavy atom. The minimum absolute atomic E-state index is 0.283. The summed E-state index contributed by atoms with van der Waals surface area (Å²) in [6, 6.07) is 4.61. The van der Waals surface area contributed by atoms with Crippen molar-refractivity contribution in [2.45, 2.75) is 45.1 Å². The van der Waals surface area contributed by atoms with Gasteiger partial charge in [-0.15, -0.1) is 11.3 Å². The van der Waals surface area contributed by atoms with Crippen molar-refractivity contribution < 1.29 is 13.9 Å². The standard InChI is InChI=1S/C18H24N2O3S/c1-13-2-4-15(23-13)10-20-7-8-22-18-14(3-5-16(18)20)11-21-12-17-19-6-9-24-17/h2,4,6,9,14,16,18H,3,5,7-8,10-12H2,1H3/t14-,16+,18+/m0/s1. The van der Waals surface area contributed by atoms with E-state index in [0.29, 0.717) is 18.6 Å². The number of thiazole rings is 1. The van der Waals surface area contributed by atoms with E-state index in [1.807, 2.05) is 24.6 Å². The fourth-order valence-corrected chi connectivity index (χ4v) is 4.46. The Balaban J connectivity index is 1.32. The number of morpholine rings is 1. The van der Waals surface area contributed by atoms with E-state index in [-0.39, 0.29) is 6.10 Å². The molecule has 0 bridgehead atoms. The number of ether oxygens (including phenoxy) is 2. The lowest BCUT2D eigenvalue weighted by atomic mass is 10.0. The predicted octanol–water partition coefficient (Wildman–Crippen LogP) is 3.24. The SMILES string of the molecule is Cc1ccc(CN2CCO[C@@H]3[C@H](COCc4nccs4)CC[C@H]32)o1. The van der Waals surface area contributed by atoms with Gasteiger partial charge in [0, 0.05) is 30.1 Å². The second-order valence-corrected chi connectivity index (χ2v) is 7.64. The molecule has 2 aromatic rings. The van der Waals surface area contributed by atoms with Crippen LogP contribution < -0.4 is 0 Å². The topological polar surface area (TPSA) is 47.7 Å². The molecule has 130 valence electrons. The summed E-state index contributed by atoms with van der Waals surface area (Å²) in [5.74, 6) is 2.52. The normalized spacial score (nSPS) is 27.5. The fourth-order valence-electron chi connectivity index (χ4n) is 3.90. The molecule has 1 saturated carbocycles. The van der Waals surface area contributed by atoms with Crippen molar-refractivity contribution in [3.8, 4) is 0 Å². The van der Waals surface area contributed by atoms with Crippen molar-refractivity contribution >= 4 is 11.3 Å². The summed E-state index contributed by atoms with van der Waals surface area (Å²) in [6.45, 7) is 6.02. The van der Waals surface area contributed by atoms with Crippen LogP contribution >= 0.6 is 11.3 Å². The maximum absolute atomic E-state index is 6.11. The van der Waals surface area contributed by atoms with E-state index >= 15 is 0 Å². The number of nitrogens with zero attached hydrogens (tertiary/aromatic N) is 2. The molecule has 3 atom stereocenters. The molecule has 0 amide bonds. The van der Waals surface area contributed by atoms with Gasteiger partial charge in [0.15, 0.2) is 0 Å². The van der Waals surface area contributed by atoms with Gasteiger partial charge in [0.2, 0.25) is 0 Å². The summed E-state index contributed by atoms with van der Waals surface area (Å²) >= 11 is 1.65. The van der Waals surface area contributed by atoms with Crippen molar-refractivity contribution in [3.63, 3.8) is 0 Å². The highest BCUT2D eigenvalue weighted by atomic mass is 32.1. The van der Waals surface area contributed by atoms with Gasteiger partial charge in [0.25, 0.3) is 0 Å². The highest BCUT2D eigenvalue weighted by molar-refractivity contribution is 7.09. The molecule has 2 aliphatic rings. The highest BCUT2D eigenvalue weighted by Gasteiger charge is 2.42. The first-order valence-corrected chi connectivity index (χ1v) is 9.54. The Bertz CT molecular complexity index is 642. The van der Waals surface area contributed by atoms with E-state index in [2.05, 4.69) is 16.0 Å². The first-order chi connectivity index (χ1) is 11.8. The van der Waals surface area contributed by atoms with Crippen LogP contribution in [0.1, 0.15) is 29.4 Å². The molecule has 0 radical (unpaired) electrons. The molecule has 0 aromatic carbocycles. The summed E-state index contributed by atoms with van der Waals surface area (Å²) in [5, 5.41) is 3.03. The second kappa shape index (κ2) is 7.35. The first kappa shape index (κ1) is 16.3. The smallest absolute Gasteiger partial charge is 0.118 e. The first-order valence-electron chi connectivity index (χ1n) is 8.66. The van der Waals surface area contributed by atoms with Crippen LogP contribution in [0.4, 0.5) is 0 Å². The van der Waals surface area contributed by atoms with E-state index in [1.165, 1.54) is 12.8 Å². The third kappa shape index (κ3) is 3.57. The predicted molar refractivity (Wildman–Crippen MR) is 91.9 cm³/mol. The van der Waals surface area contributed by atoms with Gasteiger partial charge in [0.05, 0.1) is 32.5 Å². The minimum Gasteiger partial charge on any atom is -0.465 e. The van der Waals surface area contributed by atoms with Crippen LogP contribution in [0.25, 0.3) is 0 Å². The van der Waals surface area contributed by atoms with Crippen LogP contribution in [0.3, 0.4) is 0 Å². The van der Waals surface area contributed by atoms with Crippen LogP contribution in [-0.2, 0) is 22.6 Å². The van der Waals surface area contributed by atoms with Gasteiger partial charge in [0.1, 0.15) is 16.5 Å². The van der Waals surface area contributed by atoms with Crippen LogP contribution in [-0.4, -0.2) is 41.8 Å². The number of hydrogen-bond acceptors (Lipinski definition) is 6. The van der Waals surface area contributed by atoms with Crippen molar-refractivity contribution in [2.75, 3.05) is 19.8 Å². The van der Waals surface area contributed by atoms with Crippen molar-refractivity contribution in [2.24, 2.45) is 5.92 Å². The zero-order valence-corrected chi connectivity index (χ0v) is 14.8. The van der Waals surface area contributed by atoms with Crippen LogP contribution in [0.15, 0.2) is 28.1 Å². The van der Waals surface area contributed by atoms with E-state index in [0.717, 1.165) is 42.8 Å². The Hall–Kier alpha value is -1.21. The number of rotatable bonds is 6. The third-order valence-electron chi connectivity index (χ3n) is 5.03. The number of hydrogen-bond donors (Lipinski definition) is 0. The van der Waals surface area contributed by atoms with Crippen LogP contribution in [0.5, 0.6) is 0 Å². The van der Waals surface area contributed by atoms with E-state index in [9.17, 15) is 0 Å².